The van der Waals surface area contributed by atoms with Crippen LogP contribution in [0.3, 0.4) is 0 Å². The van der Waals surface area contributed by atoms with Gasteiger partial charge < -0.3 is 19.0 Å². The lowest BCUT2D eigenvalue weighted by molar-refractivity contribution is 0.132. The standard InChI is InChI=1S/C7H9N.C4H12O3Si/c8-6-7-4-2-1-3-5-7;1-5-8(4,6-2)7-3/h1-5H,6,8H2;1-4H3. The monoisotopic (exact) mass is 243 g/mol. The van der Waals surface area contributed by atoms with Crippen molar-refractivity contribution in [3.8, 4) is 0 Å². The third-order valence-corrected chi connectivity index (χ3v) is 4.42. The van der Waals surface area contributed by atoms with Gasteiger partial charge in [0.15, 0.2) is 0 Å². The van der Waals surface area contributed by atoms with Crippen LogP contribution in [0.2, 0.25) is 6.55 Å². The zero-order valence-corrected chi connectivity index (χ0v) is 11.4. The number of nitrogens with two attached hydrogens (primary N) is 1. The maximum Gasteiger partial charge on any atom is 0.496 e. The Bertz CT molecular complexity index is 257. The van der Waals surface area contributed by atoms with Gasteiger partial charge in [0.2, 0.25) is 0 Å². The molecule has 0 heterocycles. The molecule has 0 aliphatic heterocycles. The Morgan fingerprint density at radius 1 is 1.00 bits per heavy atom. The van der Waals surface area contributed by atoms with Crippen LogP contribution in [0.5, 0.6) is 0 Å². The van der Waals surface area contributed by atoms with Gasteiger partial charge in [-0.15, -0.1) is 0 Å². The third-order valence-electron chi connectivity index (χ3n) is 2.19. The molecule has 1 rings (SSSR count). The van der Waals surface area contributed by atoms with E-state index in [1.807, 2.05) is 36.9 Å². The lowest BCUT2D eigenvalue weighted by atomic mass is 10.2. The van der Waals surface area contributed by atoms with Crippen molar-refractivity contribution in [2.24, 2.45) is 5.73 Å². The molecule has 0 saturated heterocycles. The summed E-state index contributed by atoms with van der Waals surface area (Å²) in [6.45, 7) is 2.47. The summed E-state index contributed by atoms with van der Waals surface area (Å²) in [5.41, 5.74) is 6.54. The summed E-state index contributed by atoms with van der Waals surface area (Å²) in [7, 11) is 2.58. The van der Waals surface area contributed by atoms with Gasteiger partial charge in [0.05, 0.1) is 0 Å². The molecule has 0 fully saturated rings. The van der Waals surface area contributed by atoms with E-state index in [0.29, 0.717) is 6.54 Å². The summed E-state index contributed by atoms with van der Waals surface area (Å²) in [6.07, 6.45) is 0. The minimum Gasteiger partial charge on any atom is -0.377 e. The molecule has 2 N–H and O–H groups in total. The highest BCUT2D eigenvalue weighted by molar-refractivity contribution is 6.58. The van der Waals surface area contributed by atoms with E-state index >= 15 is 0 Å². The van der Waals surface area contributed by atoms with Crippen molar-refractivity contribution in [3.05, 3.63) is 35.9 Å². The predicted octanol–water partition coefficient (Wildman–Crippen LogP) is 1.64. The van der Waals surface area contributed by atoms with Gasteiger partial charge in [0.25, 0.3) is 0 Å². The van der Waals surface area contributed by atoms with Gasteiger partial charge in [-0.05, 0) is 5.56 Å². The second kappa shape index (κ2) is 8.43. The van der Waals surface area contributed by atoms with Gasteiger partial charge in [-0.1, -0.05) is 30.3 Å². The Balaban J connectivity index is 0.000000281. The summed E-state index contributed by atoms with van der Waals surface area (Å²) < 4.78 is 14.8. The first-order chi connectivity index (χ1) is 7.61. The number of hydrogen-bond donors (Lipinski definition) is 1. The minimum atomic E-state index is -2.17. The van der Waals surface area contributed by atoms with E-state index in [1.165, 1.54) is 5.56 Å². The highest BCUT2D eigenvalue weighted by Gasteiger charge is 2.29. The predicted molar refractivity (Wildman–Crippen MR) is 67.0 cm³/mol. The molecule has 0 saturated carbocycles. The van der Waals surface area contributed by atoms with Crippen LogP contribution < -0.4 is 5.73 Å². The van der Waals surface area contributed by atoms with E-state index in [4.69, 9.17) is 19.0 Å². The van der Waals surface area contributed by atoms with Crippen LogP contribution in [0.1, 0.15) is 5.56 Å². The first-order valence-electron chi connectivity index (χ1n) is 5.01. The molecule has 16 heavy (non-hydrogen) atoms. The van der Waals surface area contributed by atoms with Gasteiger partial charge in [0.1, 0.15) is 0 Å². The highest BCUT2D eigenvalue weighted by atomic mass is 28.4. The quantitative estimate of drug-likeness (QED) is 0.817. The Kier molecular flexibility index (Phi) is 8.05. The van der Waals surface area contributed by atoms with Gasteiger partial charge in [-0.25, -0.2) is 0 Å². The molecule has 0 atom stereocenters. The summed E-state index contributed by atoms with van der Waals surface area (Å²) in [5.74, 6) is 0. The molecule has 0 aromatic heterocycles. The van der Waals surface area contributed by atoms with Crippen LogP contribution in [0.25, 0.3) is 0 Å². The SMILES string of the molecule is CO[Si](C)(OC)OC.NCc1ccccc1. The van der Waals surface area contributed by atoms with Crippen molar-refractivity contribution >= 4 is 8.80 Å². The Labute approximate surface area is 98.7 Å². The number of rotatable bonds is 4. The second-order valence-electron chi connectivity index (χ2n) is 3.16. The molecule has 1 aromatic rings. The van der Waals surface area contributed by atoms with Gasteiger partial charge >= 0.3 is 8.80 Å². The van der Waals surface area contributed by atoms with Crippen LogP contribution in [-0.2, 0) is 19.8 Å². The first kappa shape index (κ1) is 15.3. The third kappa shape index (κ3) is 5.99. The molecule has 0 radical (unpaired) electrons. The molecule has 0 bridgehead atoms. The van der Waals surface area contributed by atoms with Gasteiger partial charge in [-0.3, -0.25) is 0 Å². The lowest BCUT2D eigenvalue weighted by Crippen LogP contribution is -2.38. The van der Waals surface area contributed by atoms with E-state index in [2.05, 4.69) is 0 Å². The molecule has 0 aliphatic rings. The number of benzene rings is 1. The molecule has 0 amide bonds. The summed E-state index contributed by atoms with van der Waals surface area (Å²) in [6, 6.07) is 9.99. The zero-order chi connectivity index (χ0) is 12.4. The fourth-order valence-corrected chi connectivity index (χ4v) is 1.36. The smallest absolute Gasteiger partial charge is 0.377 e. The fraction of sp³-hybridized carbons (Fsp3) is 0.455. The molecule has 0 unspecified atom stereocenters. The Morgan fingerprint density at radius 2 is 1.44 bits per heavy atom. The largest absolute Gasteiger partial charge is 0.496 e. The van der Waals surface area contributed by atoms with E-state index in [-0.39, 0.29) is 0 Å². The summed E-state index contributed by atoms with van der Waals surface area (Å²) >= 11 is 0. The molecule has 4 nitrogen and oxygen atoms in total. The van der Waals surface area contributed by atoms with E-state index in [1.54, 1.807) is 21.3 Å². The molecule has 5 heteroatoms. The van der Waals surface area contributed by atoms with Crippen molar-refractivity contribution in [3.63, 3.8) is 0 Å². The van der Waals surface area contributed by atoms with Gasteiger partial charge in [0, 0.05) is 34.4 Å². The maximum atomic E-state index is 5.35. The van der Waals surface area contributed by atoms with Crippen molar-refractivity contribution in [2.45, 2.75) is 13.1 Å². The summed E-state index contributed by atoms with van der Waals surface area (Å²) in [5, 5.41) is 0. The van der Waals surface area contributed by atoms with Crippen molar-refractivity contribution in [1.29, 1.82) is 0 Å². The van der Waals surface area contributed by atoms with Crippen LogP contribution in [0, 0.1) is 0 Å². The van der Waals surface area contributed by atoms with Crippen LogP contribution >= 0.6 is 0 Å². The highest BCUT2D eigenvalue weighted by Crippen LogP contribution is 2.02. The van der Waals surface area contributed by atoms with Crippen LogP contribution in [-0.4, -0.2) is 30.1 Å². The van der Waals surface area contributed by atoms with E-state index < -0.39 is 8.80 Å². The van der Waals surface area contributed by atoms with E-state index in [0.717, 1.165) is 0 Å². The average molecular weight is 243 g/mol. The lowest BCUT2D eigenvalue weighted by Gasteiger charge is -2.18. The molecule has 0 aliphatic carbocycles. The van der Waals surface area contributed by atoms with Crippen LogP contribution in [0.4, 0.5) is 0 Å². The average Bonchev–Trinajstić information content (AvgIpc) is 2.39. The van der Waals surface area contributed by atoms with Crippen molar-refractivity contribution < 1.29 is 13.3 Å². The minimum absolute atomic E-state index is 0.640. The summed E-state index contributed by atoms with van der Waals surface area (Å²) in [4.78, 5) is 0. The number of hydrogen-bond acceptors (Lipinski definition) is 4. The maximum absolute atomic E-state index is 5.35. The first-order valence-corrected chi connectivity index (χ1v) is 7.23. The van der Waals surface area contributed by atoms with E-state index in [9.17, 15) is 0 Å². The molecule has 1 aromatic carbocycles. The normalized spacial score (nSPS) is 10.6. The van der Waals surface area contributed by atoms with Crippen LogP contribution in [0.15, 0.2) is 30.3 Å². The Morgan fingerprint density at radius 3 is 1.62 bits per heavy atom. The molecule has 0 spiro atoms. The van der Waals surface area contributed by atoms with Gasteiger partial charge in [-0.2, -0.15) is 0 Å². The topological polar surface area (TPSA) is 53.7 Å². The Hall–Kier alpha value is -0.723. The molecular formula is C11H21NO3Si. The second-order valence-corrected chi connectivity index (χ2v) is 6.11. The van der Waals surface area contributed by atoms with Crippen molar-refractivity contribution in [1.82, 2.24) is 0 Å². The zero-order valence-electron chi connectivity index (χ0n) is 10.4. The van der Waals surface area contributed by atoms with Crippen molar-refractivity contribution in [2.75, 3.05) is 21.3 Å². The fourth-order valence-electron chi connectivity index (χ4n) is 0.864. The molecule has 92 valence electrons. The molecular weight excluding hydrogens is 222 g/mol.